The van der Waals surface area contributed by atoms with Crippen LogP contribution in [0.1, 0.15) is 36.9 Å². The minimum Gasteiger partial charge on any atom is -0.388 e. The fourth-order valence-corrected chi connectivity index (χ4v) is 8.78. The minimum atomic E-state index is -5.58. The number of aliphatic hydroxyl groups is 2. The largest absolute Gasteiger partial charge is 0.481 e. The van der Waals surface area contributed by atoms with Crippen molar-refractivity contribution in [2.75, 3.05) is 50.2 Å². The number of anilines is 2. The van der Waals surface area contributed by atoms with E-state index in [4.69, 9.17) is 19.5 Å². The van der Waals surface area contributed by atoms with Gasteiger partial charge in [-0.05, 0) is 12.1 Å². The van der Waals surface area contributed by atoms with Crippen LogP contribution in [-0.4, -0.2) is 130 Å². The molecule has 0 radical (unpaired) electrons. The van der Waals surface area contributed by atoms with Crippen LogP contribution in [0.15, 0.2) is 36.9 Å². The molecule has 1 fully saturated rings. The van der Waals surface area contributed by atoms with E-state index in [1.165, 1.54) is 13.8 Å². The number of carbonyl (C=O) groups excluding carboxylic acids is 3. The lowest BCUT2D eigenvalue weighted by molar-refractivity contribution is -0.137. The summed E-state index contributed by atoms with van der Waals surface area (Å²) in [5.41, 5.74) is 5.41. The molecule has 11 N–H and O–H groups in total. The van der Waals surface area contributed by atoms with Gasteiger partial charge in [-0.2, -0.15) is 4.31 Å². The van der Waals surface area contributed by atoms with Crippen LogP contribution in [-0.2, 0) is 45.9 Å². The van der Waals surface area contributed by atoms with E-state index in [9.17, 15) is 57.9 Å². The van der Waals surface area contributed by atoms with E-state index in [1.54, 1.807) is 31.3 Å². The van der Waals surface area contributed by atoms with Gasteiger partial charge in [0.15, 0.2) is 17.7 Å². The monoisotopic (exact) mass is 900 g/mol. The van der Waals surface area contributed by atoms with Crippen molar-refractivity contribution in [2.45, 2.75) is 50.9 Å². The lowest BCUT2D eigenvalue weighted by atomic mass is 9.87. The number of fused-ring (bicyclic) bond motifs is 1. The number of hydrogen-bond acceptors (Lipinski definition) is 19. The average molecular weight is 901 g/mol. The van der Waals surface area contributed by atoms with Gasteiger partial charge >= 0.3 is 23.5 Å². The smallest absolute Gasteiger partial charge is 0.388 e. The number of carbonyl (C=O) groups is 3. The number of aromatic nitrogens is 4. The first-order valence-electron chi connectivity index (χ1n) is 16.9. The van der Waals surface area contributed by atoms with Crippen molar-refractivity contribution in [1.82, 2.24) is 30.2 Å². The maximum Gasteiger partial charge on any atom is 0.481 e. The number of benzene rings is 1. The zero-order valence-corrected chi connectivity index (χ0v) is 34.4. The molecular weight excluding hydrogens is 857 g/mol. The van der Waals surface area contributed by atoms with Crippen molar-refractivity contribution in [3.05, 3.63) is 42.5 Å². The standard InChI is InChI=1S/C29H43N8O17P3S/c1-29(2,23(40)26(41)33-9-8-19(38)32-10-11-58-28(42)16-6-4-5-7-17(16)31-3)13-51-57(48,49)54-56(46,47)50-12-18-22(53-55(43,44)45)21(39)27(52-18)37-15-36-20-24(30)34-14-35-25(20)37/h4-7,14-15,18,21-23,27,31,39-40H,8-13H2,1-3H3,(H,32,38)(H,33,41)(H,46,47)(H,48,49)(H2,30,34,35)(H2,43,44,45). The third-order valence-electron chi connectivity index (χ3n) is 8.15. The number of imidazole rings is 1. The third kappa shape index (κ3) is 13.0. The van der Waals surface area contributed by atoms with Crippen LogP contribution in [0.25, 0.3) is 11.2 Å². The van der Waals surface area contributed by atoms with Gasteiger partial charge in [-0.3, -0.25) is 32.5 Å². The number of amides is 2. The molecule has 3 heterocycles. The van der Waals surface area contributed by atoms with Crippen LogP contribution in [0.3, 0.4) is 0 Å². The van der Waals surface area contributed by atoms with Gasteiger partial charge in [-0.1, -0.05) is 37.7 Å². The van der Waals surface area contributed by atoms with Gasteiger partial charge in [0, 0.05) is 43.4 Å². The molecule has 1 aliphatic rings. The first-order valence-corrected chi connectivity index (χ1v) is 22.4. The number of phosphoric ester groups is 3. The van der Waals surface area contributed by atoms with Gasteiger partial charge in [0.1, 0.15) is 36.3 Å². The number of nitrogens with zero attached hydrogens (tertiary/aromatic N) is 4. The lowest BCUT2D eigenvalue weighted by Gasteiger charge is -2.30. The highest BCUT2D eigenvalue weighted by Gasteiger charge is 2.50. The van der Waals surface area contributed by atoms with Crippen LogP contribution in [0.4, 0.5) is 11.5 Å². The molecule has 322 valence electrons. The van der Waals surface area contributed by atoms with E-state index >= 15 is 0 Å². The Kier molecular flexibility index (Phi) is 16.1. The van der Waals surface area contributed by atoms with Crippen LogP contribution >= 0.6 is 35.2 Å². The zero-order valence-electron chi connectivity index (χ0n) is 30.9. The summed E-state index contributed by atoms with van der Waals surface area (Å²) in [6.45, 7) is 0.414. The van der Waals surface area contributed by atoms with Crippen molar-refractivity contribution in [3.8, 4) is 0 Å². The Balaban J connectivity index is 1.23. The summed E-state index contributed by atoms with van der Waals surface area (Å²) in [5.74, 6) is -1.20. The van der Waals surface area contributed by atoms with E-state index in [0.717, 1.165) is 29.0 Å². The Labute approximate surface area is 333 Å². The molecule has 0 aliphatic carbocycles. The number of aliphatic hydroxyl groups excluding tert-OH is 2. The summed E-state index contributed by atoms with van der Waals surface area (Å²) >= 11 is 1.01. The van der Waals surface area contributed by atoms with Crippen LogP contribution in [0, 0.1) is 5.41 Å². The number of ether oxygens (including phenoxy) is 1. The molecule has 2 amide bonds. The maximum absolute atomic E-state index is 12.7. The molecule has 0 saturated carbocycles. The molecule has 29 heteroatoms. The summed E-state index contributed by atoms with van der Waals surface area (Å²) in [7, 11) is -14.7. The Morgan fingerprint density at radius 3 is 2.41 bits per heavy atom. The molecule has 4 rings (SSSR count). The van der Waals surface area contributed by atoms with E-state index in [1.807, 2.05) is 0 Å². The van der Waals surface area contributed by atoms with E-state index < -0.39 is 84.6 Å². The van der Waals surface area contributed by atoms with Crippen molar-refractivity contribution in [1.29, 1.82) is 0 Å². The summed E-state index contributed by atoms with van der Waals surface area (Å²) in [6.07, 6.45) is -6.96. The van der Waals surface area contributed by atoms with Crippen molar-refractivity contribution in [2.24, 2.45) is 5.41 Å². The highest BCUT2D eigenvalue weighted by molar-refractivity contribution is 8.14. The molecule has 7 unspecified atom stereocenters. The first kappa shape index (κ1) is 47.3. The predicted octanol–water partition coefficient (Wildman–Crippen LogP) is 0.0202. The van der Waals surface area contributed by atoms with Gasteiger partial charge < -0.3 is 56.2 Å². The number of para-hydroxylation sites is 1. The van der Waals surface area contributed by atoms with Gasteiger partial charge in [-0.15, -0.1) is 0 Å². The maximum atomic E-state index is 12.7. The topological polar surface area (TPSA) is 376 Å². The third-order valence-corrected chi connectivity index (χ3v) is 12.1. The predicted molar refractivity (Wildman–Crippen MR) is 202 cm³/mol. The molecule has 1 saturated heterocycles. The molecule has 3 aromatic rings. The Morgan fingerprint density at radius 2 is 1.72 bits per heavy atom. The number of nitrogen functional groups attached to an aromatic ring is 1. The first-order chi connectivity index (χ1) is 27.0. The van der Waals surface area contributed by atoms with Gasteiger partial charge in [0.2, 0.25) is 16.9 Å². The van der Waals surface area contributed by atoms with Crippen molar-refractivity contribution < 1.29 is 80.5 Å². The Bertz CT molecular complexity index is 2090. The lowest BCUT2D eigenvalue weighted by Crippen LogP contribution is -2.46. The molecule has 1 aromatic carbocycles. The average Bonchev–Trinajstić information content (AvgIpc) is 3.71. The van der Waals surface area contributed by atoms with Crippen LogP contribution in [0.5, 0.6) is 0 Å². The van der Waals surface area contributed by atoms with Crippen molar-refractivity contribution in [3.63, 3.8) is 0 Å². The Hall–Kier alpha value is -3.42. The molecule has 2 aromatic heterocycles. The normalized spacial score (nSPS) is 21.2. The number of phosphoric acid groups is 3. The number of nitrogens with two attached hydrogens (primary N) is 1. The van der Waals surface area contributed by atoms with Crippen LogP contribution < -0.4 is 21.7 Å². The van der Waals surface area contributed by atoms with Crippen molar-refractivity contribution >= 4 is 74.8 Å². The summed E-state index contributed by atoms with van der Waals surface area (Å²) in [6, 6.07) is 6.95. The highest BCUT2D eigenvalue weighted by Crippen LogP contribution is 2.61. The fraction of sp³-hybridized carbons (Fsp3) is 0.517. The molecule has 7 atom stereocenters. The van der Waals surface area contributed by atoms with Gasteiger partial charge in [0.25, 0.3) is 0 Å². The summed E-state index contributed by atoms with van der Waals surface area (Å²) in [5, 5.41) is 29.2. The number of rotatable bonds is 21. The van der Waals surface area contributed by atoms with E-state index in [-0.39, 0.29) is 47.4 Å². The second-order valence-corrected chi connectivity index (χ2v) is 18.3. The fourth-order valence-electron chi connectivity index (χ4n) is 5.23. The Morgan fingerprint density at radius 1 is 1.03 bits per heavy atom. The number of hydrogen-bond donors (Lipinski definition) is 10. The minimum absolute atomic E-state index is 0.0281. The zero-order chi connectivity index (χ0) is 43.1. The molecule has 58 heavy (non-hydrogen) atoms. The molecular formula is C29H43N8O17P3S. The summed E-state index contributed by atoms with van der Waals surface area (Å²) < 4.78 is 62.2. The molecule has 25 nitrogen and oxygen atoms in total. The molecule has 0 spiro atoms. The highest BCUT2D eigenvalue weighted by atomic mass is 32.2. The quantitative estimate of drug-likeness (QED) is 0.0497. The molecule has 1 aliphatic heterocycles. The second-order valence-electron chi connectivity index (χ2n) is 13.0. The number of nitrogens with one attached hydrogen (secondary N) is 3. The van der Waals surface area contributed by atoms with E-state index in [2.05, 4.69) is 39.7 Å². The van der Waals surface area contributed by atoms with E-state index in [0.29, 0.717) is 11.3 Å². The second kappa shape index (κ2) is 19.8. The SMILES string of the molecule is CNc1ccccc1C(=O)SCCNC(=O)CCNC(=O)C(O)C(C)(C)COP(=O)(O)OP(=O)(O)OCC1OC(n2cnc3c(N)ncnc32)C(O)C1OP(=O)(O)O. The van der Waals surface area contributed by atoms with Crippen LogP contribution in [0.2, 0.25) is 0 Å². The van der Waals surface area contributed by atoms with Gasteiger partial charge in [0.05, 0.1) is 25.1 Å². The molecule has 0 bridgehead atoms. The van der Waals surface area contributed by atoms with Gasteiger partial charge in [-0.25, -0.2) is 28.6 Å². The number of thioether (sulfide) groups is 1. The summed E-state index contributed by atoms with van der Waals surface area (Å²) in [4.78, 5) is 88.3.